The van der Waals surface area contributed by atoms with E-state index in [1.165, 1.54) is 11.8 Å². The van der Waals surface area contributed by atoms with E-state index in [1.54, 1.807) is 24.0 Å². The van der Waals surface area contributed by atoms with Crippen LogP contribution in [-0.2, 0) is 4.79 Å². The molecule has 0 fully saturated rings. The largest absolute Gasteiger partial charge is 0.306 e. The first-order valence-electron chi connectivity index (χ1n) is 6.13. The number of anilines is 1. The molecule has 0 bridgehead atoms. The van der Waals surface area contributed by atoms with Crippen LogP contribution in [0.25, 0.3) is 0 Å². The fourth-order valence-electron chi connectivity index (χ4n) is 2.10. The molecule has 0 atom stereocenters. The molecule has 1 aliphatic rings. The summed E-state index contributed by atoms with van der Waals surface area (Å²) in [6.45, 7) is 9.54. The van der Waals surface area contributed by atoms with Gasteiger partial charge in [-0.3, -0.25) is 9.59 Å². The Bertz CT molecular complexity index is 563. The smallest absolute Gasteiger partial charge is 0.243 e. The molecule has 1 aromatic carbocycles. The number of benzene rings is 1. The molecule has 3 nitrogen and oxygen atoms in total. The highest BCUT2D eigenvalue weighted by molar-refractivity contribution is 8.01. The lowest BCUT2D eigenvalue weighted by molar-refractivity contribution is -0.120. The summed E-state index contributed by atoms with van der Waals surface area (Å²) in [6, 6.07) is 5.48. The van der Waals surface area contributed by atoms with Gasteiger partial charge < -0.3 is 4.90 Å². The van der Waals surface area contributed by atoms with Gasteiger partial charge in [-0.1, -0.05) is 6.08 Å². The zero-order valence-electron chi connectivity index (χ0n) is 11.4. The summed E-state index contributed by atoms with van der Waals surface area (Å²) < 4.78 is -0.522. The highest BCUT2D eigenvalue weighted by atomic mass is 32.2. The number of ketones is 1. The second-order valence-corrected chi connectivity index (χ2v) is 6.72. The minimum Gasteiger partial charge on any atom is -0.306 e. The summed E-state index contributed by atoms with van der Waals surface area (Å²) in [5.41, 5.74) is 1.54. The fraction of sp³-hybridized carbons (Fsp3) is 0.333. The number of hydrogen-bond donors (Lipinski definition) is 0. The summed E-state index contributed by atoms with van der Waals surface area (Å²) in [6.07, 6.45) is 1.71. The van der Waals surface area contributed by atoms with E-state index in [4.69, 9.17) is 0 Å². The molecule has 0 N–H and O–H groups in total. The van der Waals surface area contributed by atoms with Crippen LogP contribution in [0.15, 0.2) is 35.7 Å². The Balaban J connectivity index is 2.55. The number of carbonyl (C=O) groups is 2. The first-order chi connectivity index (χ1) is 8.86. The fourth-order valence-corrected chi connectivity index (χ4v) is 3.32. The molecule has 1 aliphatic heterocycles. The average Bonchev–Trinajstić information content (AvgIpc) is 2.33. The van der Waals surface area contributed by atoms with Crippen molar-refractivity contribution in [2.24, 2.45) is 0 Å². The molecule has 0 radical (unpaired) electrons. The molecule has 1 aromatic rings. The van der Waals surface area contributed by atoms with E-state index < -0.39 is 4.75 Å². The zero-order valence-corrected chi connectivity index (χ0v) is 12.2. The second kappa shape index (κ2) is 4.85. The Labute approximate surface area is 117 Å². The number of Topliss-reactive ketones (excluding diaryl/α,β-unsaturated/α-hetero) is 1. The summed E-state index contributed by atoms with van der Waals surface area (Å²) >= 11 is 1.51. The second-order valence-electron chi connectivity index (χ2n) is 5.06. The molecular weight excluding hydrogens is 258 g/mol. The highest BCUT2D eigenvalue weighted by Gasteiger charge is 2.39. The monoisotopic (exact) mass is 275 g/mol. The number of fused-ring (bicyclic) bond motifs is 1. The van der Waals surface area contributed by atoms with Crippen molar-refractivity contribution in [3.63, 3.8) is 0 Å². The van der Waals surface area contributed by atoms with Gasteiger partial charge in [0.15, 0.2) is 5.78 Å². The van der Waals surface area contributed by atoms with Crippen molar-refractivity contribution in [2.75, 3.05) is 11.4 Å². The third-order valence-corrected chi connectivity index (χ3v) is 4.33. The Morgan fingerprint density at radius 2 is 2.16 bits per heavy atom. The molecule has 4 heteroatoms. The van der Waals surface area contributed by atoms with Crippen LogP contribution < -0.4 is 4.90 Å². The summed E-state index contributed by atoms with van der Waals surface area (Å²) in [5.74, 6) is 0.105. The van der Waals surface area contributed by atoms with Crippen molar-refractivity contribution in [3.8, 4) is 0 Å². The third-order valence-electron chi connectivity index (χ3n) is 3.09. The molecule has 0 saturated heterocycles. The van der Waals surface area contributed by atoms with E-state index >= 15 is 0 Å². The molecule has 1 amide bonds. The maximum atomic E-state index is 12.4. The Morgan fingerprint density at radius 1 is 1.47 bits per heavy atom. The standard InChI is InChI=1S/C15H17NO2S/c1-5-8-16-12-7-6-11(10(2)17)9-13(12)19-15(3,4)14(16)18/h5-7,9H,1,8H2,2-4H3. The maximum absolute atomic E-state index is 12.4. The van der Waals surface area contributed by atoms with Gasteiger partial charge in [0.1, 0.15) is 0 Å². The Hall–Kier alpha value is -1.55. The van der Waals surface area contributed by atoms with Crippen LogP contribution in [0.3, 0.4) is 0 Å². The normalized spacial score (nSPS) is 17.0. The number of rotatable bonds is 3. The van der Waals surface area contributed by atoms with Gasteiger partial charge in [-0.2, -0.15) is 0 Å². The van der Waals surface area contributed by atoms with Crippen molar-refractivity contribution in [3.05, 3.63) is 36.4 Å². The van der Waals surface area contributed by atoms with Gasteiger partial charge in [-0.25, -0.2) is 0 Å². The molecule has 0 aliphatic carbocycles. The number of nitrogens with zero attached hydrogens (tertiary/aromatic N) is 1. The van der Waals surface area contributed by atoms with Gasteiger partial charge in [0, 0.05) is 17.0 Å². The van der Waals surface area contributed by atoms with Crippen LogP contribution in [0.2, 0.25) is 0 Å². The molecule has 0 aromatic heterocycles. The first-order valence-corrected chi connectivity index (χ1v) is 6.95. The van der Waals surface area contributed by atoms with E-state index in [0.717, 1.165) is 10.6 Å². The van der Waals surface area contributed by atoms with E-state index in [2.05, 4.69) is 6.58 Å². The minimum atomic E-state index is -0.522. The van der Waals surface area contributed by atoms with Crippen LogP contribution in [0.1, 0.15) is 31.1 Å². The van der Waals surface area contributed by atoms with Crippen molar-refractivity contribution >= 4 is 29.1 Å². The summed E-state index contributed by atoms with van der Waals surface area (Å²) in [5, 5.41) is 0. The lowest BCUT2D eigenvalue weighted by atomic mass is 10.1. The highest BCUT2D eigenvalue weighted by Crippen LogP contribution is 2.45. The van der Waals surface area contributed by atoms with Gasteiger partial charge in [0.05, 0.1) is 10.4 Å². The van der Waals surface area contributed by atoms with E-state index in [0.29, 0.717) is 12.1 Å². The zero-order chi connectivity index (χ0) is 14.2. The van der Waals surface area contributed by atoms with E-state index in [9.17, 15) is 9.59 Å². The SMILES string of the molecule is C=CCN1C(=O)C(C)(C)Sc2cc(C(C)=O)ccc21. The van der Waals surface area contributed by atoms with Gasteiger partial charge in [-0.05, 0) is 39.0 Å². The molecule has 1 heterocycles. The predicted molar refractivity (Wildman–Crippen MR) is 78.9 cm³/mol. The molecule has 2 rings (SSSR count). The Kier molecular flexibility index (Phi) is 3.54. The van der Waals surface area contributed by atoms with Crippen molar-refractivity contribution < 1.29 is 9.59 Å². The Morgan fingerprint density at radius 3 is 2.74 bits per heavy atom. The lowest BCUT2D eigenvalue weighted by Gasteiger charge is -2.37. The van der Waals surface area contributed by atoms with Crippen LogP contribution in [0.4, 0.5) is 5.69 Å². The number of carbonyl (C=O) groups excluding carboxylic acids is 2. The van der Waals surface area contributed by atoms with Gasteiger partial charge >= 0.3 is 0 Å². The topological polar surface area (TPSA) is 37.4 Å². The quantitative estimate of drug-likeness (QED) is 0.627. The van der Waals surface area contributed by atoms with Crippen LogP contribution >= 0.6 is 11.8 Å². The third kappa shape index (κ3) is 2.45. The lowest BCUT2D eigenvalue weighted by Crippen LogP contribution is -2.46. The molecular formula is C15H17NO2S. The van der Waals surface area contributed by atoms with Gasteiger partial charge in [-0.15, -0.1) is 18.3 Å². The minimum absolute atomic E-state index is 0.0355. The van der Waals surface area contributed by atoms with Crippen LogP contribution in [0.5, 0.6) is 0 Å². The number of amides is 1. The van der Waals surface area contributed by atoms with E-state index in [-0.39, 0.29) is 11.7 Å². The first kappa shape index (κ1) is 13.9. The summed E-state index contributed by atoms with van der Waals surface area (Å²) in [7, 11) is 0. The number of hydrogen-bond acceptors (Lipinski definition) is 3. The maximum Gasteiger partial charge on any atom is 0.243 e. The predicted octanol–water partition coefficient (Wildman–Crippen LogP) is 3.29. The van der Waals surface area contributed by atoms with E-state index in [1.807, 2.05) is 26.0 Å². The van der Waals surface area contributed by atoms with Crippen LogP contribution in [0, 0.1) is 0 Å². The molecule has 0 unspecified atom stereocenters. The van der Waals surface area contributed by atoms with Crippen molar-refractivity contribution in [1.29, 1.82) is 0 Å². The molecule has 0 spiro atoms. The van der Waals surface area contributed by atoms with Crippen molar-refractivity contribution in [1.82, 2.24) is 0 Å². The summed E-state index contributed by atoms with van der Waals surface area (Å²) in [4.78, 5) is 26.6. The average molecular weight is 275 g/mol. The van der Waals surface area contributed by atoms with Crippen molar-refractivity contribution in [2.45, 2.75) is 30.4 Å². The molecule has 19 heavy (non-hydrogen) atoms. The van der Waals surface area contributed by atoms with Crippen LogP contribution in [-0.4, -0.2) is 23.0 Å². The molecule has 100 valence electrons. The van der Waals surface area contributed by atoms with Gasteiger partial charge in [0.2, 0.25) is 5.91 Å². The number of thioether (sulfide) groups is 1. The van der Waals surface area contributed by atoms with Gasteiger partial charge in [0.25, 0.3) is 0 Å². The molecule has 0 saturated carbocycles.